The molecule has 3 aromatic heterocycles. The molecule has 4 aliphatic rings. The number of piperidine rings is 1. The van der Waals surface area contributed by atoms with Gasteiger partial charge < -0.3 is 44.3 Å². The maximum absolute atomic E-state index is 5.27. The summed E-state index contributed by atoms with van der Waals surface area (Å²) < 4.78 is 10.2. The Morgan fingerprint density at radius 3 is 0.945 bits per heavy atom. The van der Waals surface area contributed by atoms with Crippen LogP contribution in [0.5, 0.6) is 0 Å². The molecule has 17 heteroatoms. The van der Waals surface area contributed by atoms with Gasteiger partial charge in [0.15, 0.2) is 0 Å². The smallest absolute Gasteiger partial charge is 0.0978 e. The molecule has 127 heavy (non-hydrogen) atoms. The molecular weight excluding hydrogens is 2110 g/mol. The van der Waals surface area contributed by atoms with Crippen LogP contribution in [0.3, 0.4) is 0 Å². The van der Waals surface area contributed by atoms with Crippen molar-refractivity contribution in [2.75, 3.05) is 130 Å². The van der Waals surface area contributed by atoms with Gasteiger partial charge in [-0.25, -0.2) is 4.98 Å². The van der Waals surface area contributed by atoms with Crippen LogP contribution in [0.1, 0.15) is 463 Å². The normalized spacial score (nSPS) is 13.5. The molecule has 0 aliphatic carbocycles. The van der Waals surface area contributed by atoms with Gasteiger partial charge in [-0.3, -0.25) is 14.9 Å². The number of likely N-dealkylation sites (tertiary alicyclic amines) is 1. The van der Waals surface area contributed by atoms with Gasteiger partial charge in [-0.2, -0.15) is 20.7 Å². The average molecular weight is 2360 g/mol. The molecule has 0 amide bonds. The van der Waals surface area contributed by atoms with E-state index < -0.39 is 0 Å². The third kappa shape index (κ3) is 158. The van der Waals surface area contributed by atoms with Gasteiger partial charge >= 0.3 is 0 Å². The number of hydrogen-bond acceptors (Lipinski definition) is 12. The number of aromatic nitrogens is 5. The minimum absolute atomic E-state index is 0. The Morgan fingerprint density at radius 1 is 0.409 bits per heavy atom. The first-order valence-corrected chi connectivity index (χ1v) is 52.5. The second kappa shape index (κ2) is 109. The molecule has 0 N–H and O–H groups in total. The van der Waals surface area contributed by atoms with E-state index in [0.29, 0.717) is 53.8 Å². The predicted molar refractivity (Wildman–Crippen MR) is 591 cm³/mol. The number of hydrogen-bond donors (Lipinski definition) is 0. The summed E-state index contributed by atoms with van der Waals surface area (Å²) >= 11 is 1.72. The van der Waals surface area contributed by atoms with E-state index >= 15 is 0 Å². The number of piperazine rings is 1. The topological polar surface area (TPSA) is 110 Å². The van der Waals surface area contributed by atoms with Crippen LogP contribution in [0, 0.1) is 58.2 Å². The molecular formula is C110H245N10O2ReRfRhS2-3. The van der Waals surface area contributed by atoms with Gasteiger partial charge in [0.25, 0.3) is 0 Å². The van der Waals surface area contributed by atoms with Crippen LogP contribution in [0.2, 0.25) is 0 Å². The Kier molecular flexibility index (Phi) is 150. The Labute approximate surface area is 836 Å². The monoisotopic (exact) mass is 2360 g/mol. The standard InChI is InChI=1S/C11H24.C10H21NS.C10H21N.C9H19N2.C9H19NO.2C8H12N2.C7H11NS.C6H14O.C6H14.12C2H6.2CH3.Re.Rf.Rh/c1-10(2,3)8-7-9-11(4,5)6;1-10(2,3)9-11-5-7-12(4)8-6-11;1-10(2,3)9-11-7-5-4-6-8-11;1-9(2,3)8-11-6-4-10-5-7-11;1-9(2,3)8-10-4-6-11-7-5-10;1-8(2,3)7-6-9-4-5-10-7;1-8(2,3)7-5-4-6-9-10-7;1-7(2,3)6-8-4-5-9-6;1-6(2,3)5-7-4;1-5-6(2,3)4;12*1-2;;;;;/h7-9H2,1-6H3;4-9H2,1-3H3;4-9H2,1-3H3;2*4-8H2,1-3H3;2*4-6H,1-3H3;4-5H,1-3H3;5H2,1-4H3;5H2,1-4H3;12*1-2H3;2*1H3;;;/q;;;-1;;;;;;;;;;;;;;;;;;;2*-1;;;. The Bertz CT molecular complexity index is 2210. The van der Waals surface area contributed by atoms with Crippen LogP contribution in [-0.2, 0) is 65.6 Å². The van der Waals surface area contributed by atoms with E-state index in [4.69, 9.17) is 9.47 Å². The maximum atomic E-state index is 5.27. The van der Waals surface area contributed by atoms with Crippen LogP contribution >= 0.6 is 21.8 Å². The minimum Gasteiger partial charge on any atom is -0.660 e. The average Bonchev–Trinajstić information content (AvgIpc) is 1.87. The summed E-state index contributed by atoms with van der Waals surface area (Å²) in [6.45, 7) is 144. The summed E-state index contributed by atoms with van der Waals surface area (Å²) in [5, 5.41) is 15.3. The molecule has 7 rings (SSSR count). The first-order valence-electron chi connectivity index (χ1n) is 49.9. The van der Waals surface area contributed by atoms with Gasteiger partial charge in [-0.1, -0.05) is 427 Å². The van der Waals surface area contributed by atoms with Crippen molar-refractivity contribution in [3.63, 3.8) is 0 Å². The Balaban J connectivity index is -0.0000000541. The summed E-state index contributed by atoms with van der Waals surface area (Å²) in [5.74, 6) is 6.76. The first-order chi connectivity index (χ1) is 56.4. The molecule has 0 saturated carbocycles. The first kappa shape index (κ1) is 174. The van der Waals surface area contributed by atoms with Gasteiger partial charge in [-0.15, -0.1) is 24.4 Å². The van der Waals surface area contributed by atoms with Gasteiger partial charge in [0.05, 0.1) is 36.2 Å². The zero-order chi connectivity index (χ0) is 101. The van der Waals surface area contributed by atoms with E-state index in [-0.39, 0.29) is 71.0 Å². The number of methoxy groups -OCH3 is 1. The molecule has 0 aromatic carbocycles. The van der Waals surface area contributed by atoms with E-state index in [0.717, 1.165) is 70.5 Å². The maximum Gasteiger partial charge on any atom is 0.0978 e. The van der Waals surface area contributed by atoms with E-state index in [2.05, 4.69) is 291 Å². The summed E-state index contributed by atoms with van der Waals surface area (Å²) in [6.07, 6.45) is 18.4. The molecule has 0 unspecified atom stereocenters. The van der Waals surface area contributed by atoms with E-state index in [1.165, 1.54) is 114 Å². The van der Waals surface area contributed by atoms with Crippen molar-refractivity contribution in [2.45, 2.75) is 463 Å². The van der Waals surface area contributed by atoms with Crippen LogP contribution in [0.25, 0.3) is 5.32 Å². The molecule has 0 spiro atoms. The second-order valence-corrected chi connectivity index (χ2v) is 43.3. The summed E-state index contributed by atoms with van der Waals surface area (Å²) in [5.41, 5.74) is 6.26. The number of rotatable bonds is 7. The van der Waals surface area contributed by atoms with Crippen molar-refractivity contribution in [1.29, 1.82) is 0 Å². The zero-order valence-electron chi connectivity index (χ0n) is 99.2. The van der Waals surface area contributed by atoms with Gasteiger partial charge in [0.2, 0.25) is 0 Å². The molecule has 7 heterocycles. The summed E-state index contributed by atoms with van der Waals surface area (Å²) in [7, 11) is 2.20. The second-order valence-electron chi connectivity index (χ2n) is 40.4. The molecule has 12 nitrogen and oxygen atoms in total. The fourth-order valence-corrected chi connectivity index (χ4v) is 11.8. The fourth-order valence-electron chi connectivity index (χ4n) is 9.82. The predicted octanol–water partition coefficient (Wildman–Crippen LogP) is 35.2. The molecule has 2 radical (unpaired) electrons. The van der Waals surface area contributed by atoms with Crippen LogP contribution in [0.15, 0.2) is 48.5 Å². The largest absolute Gasteiger partial charge is 0.660 e. The van der Waals surface area contributed by atoms with E-state index in [9.17, 15) is 0 Å². The third-order valence-electron chi connectivity index (χ3n) is 15.1. The minimum atomic E-state index is 0. The molecule has 4 aliphatic heterocycles. The van der Waals surface area contributed by atoms with Gasteiger partial charge in [-0.05, 0) is 107 Å². The third-order valence-corrected chi connectivity index (χ3v) is 17.8. The Hall–Kier alpha value is -1.98. The number of nitrogens with zero attached hydrogens (tertiary/aromatic N) is 10. The van der Waals surface area contributed by atoms with Gasteiger partial charge in [0.1, 0.15) is 0 Å². The fraction of sp³-hybridized carbons (Fsp3) is 0.873. The quantitative estimate of drug-likeness (QED) is 0.128. The number of thiazole rings is 1. The summed E-state index contributed by atoms with van der Waals surface area (Å²) in [4.78, 5) is 22.5. The molecule has 780 valence electrons. The van der Waals surface area contributed by atoms with Crippen molar-refractivity contribution in [1.82, 2.24) is 44.7 Å². The zero-order valence-corrected chi connectivity index (χ0v) is 112. The van der Waals surface area contributed by atoms with Crippen molar-refractivity contribution < 1.29 is 49.4 Å². The van der Waals surface area contributed by atoms with E-state index in [1.54, 1.807) is 43.2 Å². The summed E-state index contributed by atoms with van der Waals surface area (Å²) in [6, 6.07) is 3.90. The molecule has 3 aromatic rings. The molecule has 4 fully saturated rings. The number of ether oxygens (including phenoxy) is 2. The van der Waals surface area contributed by atoms with Crippen molar-refractivity contribution in [3.05, 3.63) is 85.1 Å². The van der Waals surface area contributed by atoms with Gasteiger partial charge in [0, 0.05) is 163 Å². The Morgan fingerprint density at radius 2 is 0.732 bits per heavy atom. The molecule has 4 saturated heterocycles. The van der Waals surface area contributed by atoms with Crippen molar-refractivity contribution >= 4 is 27.7 Å². The van der Waals surface area contributed by atoms with E-state index in [1.807, 2.05) is 190 Å². The van der Waals surface area contributed by atoms with Crippen LogP contribution < -0.4 is 0 Å². The SMILES string of the molecule is C=S1CCN(CC(C)(C)C)CC1.CC.CC.CC.CC.CC.CC.CC.CC.CC.CC.CC.CC.CC(C)(C)CCCC(C)(C)C.CC(C)(C)CN1CCCCC1.CC(C)(C)CN1CCOCC1.CC(C)(C)CN1CC[N-]CC1.CC(C)(C)c1cccnn1.CC(C)(C)c1cnccn1.CC(C)(C)c1nccs1.CCC(C)(C)C.COCC(C)(C)C.[CH3-].[CH3-].[Re].[Rf].[Rh]. The van der Waals surface area contributed by atoms with Crippen molar-refractivity contribution in [3.8, 4) is 0 Å². The van der Waals surface area contributed by atoms with Crippen LogP contribution in [0.4, 0.5) is 0 Å². The molecule has 0 bridgehead atoms. The molecule has 0 atom stereocenters. The van der Waals surface area contributed by atoms with Crippen LogP contribution in [-0.4, -0.2) is 181 Å². The van der Waals surface area contributed by atoms with Crippen molar-refractivity contribution in [2.24, 2.45) is 43.3 Å². The number of morpholine rings is 1.